The fourth-order valence-electron chi connectivity index (χ4n) is 3.64. The number of nitrogens with zero attached hydrogens (tertiary/aromatic N) is 1. The van der Waals surface area contributed by atoms with Crippen LogP contribution >= 0.6 is 0 Å². The number of anilines is 1. The summed E-state index contributed by atoms with van der Waals surface area (Å²) in [6.07, 6.45) is 4.18. The zero-order valence-electron chi connectivity index (χ0n) is 16.8. The Bertz CT molecular complexity index is 936. The summed E-state index contributed by atoms with van der Waals surface area (Å²) in [6.45, 7) is 3.78. The van der Waals surface area contributed by atoms with Crippen molar-refractivity contribution >= 4 is 17.5 Å². The molecule has 0 spiro atoms. The standard InChI is InChI=1S/C22H25N3O4/c1-22(2)11-17(26)16-10-15(7-8-18(16)29-22)24-21(27)25-20(13-4-5-13)14-6-9-19(28-3)23-12-14/h6-10,12-13,20H,4-5,11H2,1-3H3,(H2,24,25,27). The van der Waals surface area contributed by atoms with Crippen molar-refractivity contribution in [1.82, 2.24) is 10.3 Å². The monoisotopic (exact) mass is 395 g/mol. The molecule has 0 radical (unpaired) electrons. The molecule has 0 bridgehead atoms. The van der Waals surface area contributed by atoms with E-state index in [0.29, 0.717) is 35.2 Å². The number of aromatic nitrogens is 1. The van der Waals surface area contributed by atoms with Gasteiger partial charge in [0.15, 0.2) is 5.78 Å². The maximum Gasteiger partial charge on any atom is 0.319 e. The molecule has 1 saturated carbocycles. The van der Waals surface area contributed by atoms with E-state index >= 15 is 0 Å². The SMILES string of the molecule is COc1ccc(C(NC(=O)Nc2ccc3c(c2)C(=O)CC(C)(C)O3)C2CC2)cn1. The van der Waals surface area contributed by atoms with E-state index < -0.39 is 5.60 Å². The van der Waals surface area contributed by atoms with Crippen LogP contribution in [0, 0.1) is 5.92 Å². The molecule has 1 aromatic heterocycles. The molecule has 2 aliphatic rings. The number of rotatable bonds is 5. The number of hydrogen-bond donors (Lipinski definition) is 2. The molecule has 0 saturated heterocycles. The lowest BCUT2D eigenvalue weighted by Crippen LogP contribution is -2.36. The summed E-state index contributed by atoms with van der Waals surface area (Å²) in [5.41, 5.74) is 1.49. The van der Waals surface area contributed by atoms with Crippen molar-refractivity contribution in [2.75, 3.05) is 12.4 Å². The minimum atomic E-state index is -0.514. The van der Waals surface area contributed by atoms with Crippen LogP contribution in [-0.4, -0.2) is 29.5 Å². The Hall–Kier alpha value is -3.09. The van der Waals surface area contributed by atoms with Gasteiger partial charge in [-0.2, -0.15) is 0 Å². The van der Waals surface area contributed by atoms with Gasteiger partial charge in [0.25, 0.3) is 0 Å². The van der Waals surface area contributed by atoms with Gasteiger partial charge in [0.2, 0.25) is 5.88 Å². The number of ether oxygens (including phenoxy) is 2. The molecule has 2 aromatic rings. The minimum absolute atomic E-state index is 0.0143. The van der Waals surface area contributed by atoms with E-state index in [4.69, 9.17) is 9.47 Å². The summed E-state index contributed by atoms with van der Waals surface area (Å²) in [5.74, 6) is 1.51. The first kappa shape index (κ1) is 19.2. The highest BCUT2D eigenvalue weighted by molar-refractivity contribution is 6.02. The Labute approximate surface area is 169 Å². The predicted molar refractivity (Wildman–Crippen MR) is 109 cm³/mol. The Morgan fingerprint density at radius 3 is 2.72 bits per heavy atom. The van der Waals surface area contributed by atoms with Gasteiger partial charge in [-0.1, -0.05) is 6.07 Å². The van der Waals surface area contributed by atoms with E-state index in [9.17, 15) is 9.59 Å². The molecule has 7 heteroatoms. The zero-order valence-corrected chi connectivity index (χ0v) is 16.8. The quantitative estimate of drug-likeness (QED) is 0.795. The molecule has 2 N–H and O–H groups in total. The second-order valence-corrected chi connectivity index (χ2v) is 8.22. The summed E-state index contributed by atoms with van der Waals surface area (Å²) < 4.78 is 11.0. The van der Waals surface area contributed by atoms with Gasteiger partial charge in [0, 0.05) is 18.0 Å². The van der Waals surface area contributed by atoms with Crippen molar-refractivity contribution in [3.63, 3.8) is 0 Å². The molecule has 4 rings (SSSR count). The van der Waals surface area contributed by atoms with Crippen molar-refractivity contribution in [1.29, 1.82) is 0 Å². The molecular formula is C22H25N3O4. The number of fused-ring (bicyclic) bond motifs is 1. The molecule has 1 atom stereocenters. The van der Waals surface area contributed by atoms with Crippen LogP contribution in [0.1, 0.15) is 55.1 Å². The highest BCUT2D eigenvalue weighted by Gasteiger charge is 2.34. The first-order chi connectivity index (χ1) is 13.8. The molecule has 2 amide bonds. The Morgan fingerprint density at radius 2 is 2.07 bits per heavy atom. The van der Waals surface area contributed by atoms with Crippen molar-refractivity contribution in [2.45, 2.75) is 44.8 Å². The number of carbonyl (C=O) groups excluding carboxylic acids is 2. The smallest absolute Gasteiger partial charge is 0.319 e. The highest BCUT2D eigenvalue weighted by Crippen LogP contribution is 2.41. The lowest BCUT2D eigenvalue weighted by atomic mass is 9.93. The number of amides is 2. The number of methoxy groups -OCH3 is 1. The number of Topliss-reactive ketones (excluding diaryl/α,β-unsaturated/α-hetero) is 1. The van der Waals surface area contributed by atoms with Crippen LogP contribution in [0.2, 0.25) is 0 Å². The van der Waals surface area contributed by atoms with Gasteiger partial charge in [-0.15, -0.1) is 0 Å². The van der Waals surface area contributed by atoms with Gasteiger partial charge < -0.3 is 20.1 Å². The van der Waals surface area contributed by atoms with E-state index in [0.717, 1.165) is 18.4 Å². The van der Waals surface area contributed by atoms with Crippen molar-refractivity contribution in [3.8, 4) is 11.6 Å². The molecule has 1 aliphatic carbocycles. The van der Waals surface area contributed by atoms with Crippen molar-refractivity contribution in [3.05, 3.63) is 47.7 Å². The molecule has 7 nitrogen and oxygen atoms in total. The average Bonchev–Trinajstić information content (AvgIpc) is 3.51. The molecular weight excluding hydrogens is 370 g/mol. The van der Waals surface area contributed by atoms with E-state index in [1.54, 1.807) is 37.6 Å². The molecule has 1 unspecified atom stereocenters. The second kappa shape index (κ2) is 7.39. The van der Waals surface area contributed by atoms with Crippen LogP contribution in [0.25, 0.3) is 0 Å². The number of nitrogens with one attached hydrogen (secondary N) is 2. The molecule has 1 fully saturated rings. The summed E-state index contributed by atoms with van der Waals surface area (Å²) in [6, 6.07) is 8.43. The zero-order chi connectivity index (χ0) is 20.6. The van der Waals surface area contributed by atoms with E-state index in [1.165, 1.54) is 0 Å². The van der Waals surface area contributed by atoms with E-state index in [-0.39, 0.29) is 17.9 Å². The van der Waals surface area contributed by atoms with Crippen molar-refractivity contribution in [2.24, 2.45) is 5.92 Å². The first-order valence-corrected chi connectivity index (χ1v) is 9.78. The first-order valence-electron chi connectivity index (χ1n) is 9.78. The highest BCUT2D eigenvalue weighted by atomic mass is 16.5. The molecule has 152 valence electrons. The number of urea groups is 1. The van der Waals surface area contributed by atoms with Crippen LogP contribution < -0.4 is 20.1 Å². The lowest BCUT2D eigenvalue weighted by Gasteiger charge is -2.31. The van der Waals surface area contributed by atoms with E-state index in [2.05, 4.69) is 15.6 Å². The second-order valence-electron chi connectivity index (χ2n) is 8.22. The van der Waals surface area contributed by atoms with Gasteiger partial charge >= 0.3 is 6.03 Å². The largest absolute Gasteiger partial charge is 0.487 e. The summed E-state index contributed by atoms with van der Waals surface area (Å²) in [7, 11) is 1.57. The number of ketones is 1. The number of benzene rings is 1. The molecule has 1 aromatic carbocycles. The van der Waals surface area contributed by atoms with Gasteiger partial charge in [0.05, 0.1) is 25.1 Å². The molecule has 2 heterocycles. The summed E-state index contributed by atoms with van der Waals surface area (Å²) in [4.78, 5) is 29.3. The minimum Gasteiger partial charge on any atom is -0.487 e. The van der Waals surface area contributed by atoms with Crippen LogP contribution in [0.5, 0.6) is 11.6 Å². The van der Waals surface area contributed by atoms with Gasteiger partial charge in [-0.3, -0.25) is 4.79 Å². The maximum atomic E-state index is 12.6. The van der Waals surface area contributed by atoms with Gasteiger partial charge in [-0.25, -0.2) is 9.78 Å². The van der Waals surface area contributed by atoms with Crippen LogP contribution in [-0.2, 0) is 0 Å². The lowest BCUT2D eigenvalue weighted by molar-refractivity contribution is 0.0620. The fourth-order valence-corrected chi connectivity index (χ4v) is 3.64. The molecule has 1 aliphatic heterocycles. The van der Waals surface area contributed by atoms with Crippen LogP contribution in [0.4, 0.5) is 10.5 Å². The van der Waals surface area contributed by atoms with Crippen molar-refractivity contribution < 1.29 is 19.1 Å². The van der Waals surface area contributed by atoms with Gasteiger partial charge in [0.1, 0.15) is 11.4 Å². The topological polar surface area (TPSA) is 89.6 Å². The summed E-state index contributed by atoms with van der Waals surface area (Å²) >= 11 is 0. The predicted octanol–water partition coefficient (Wildman–Crippen LogP) is 4.11. The Kier molecular flexibility index (Phi) is 4.90. The number of pyridine rings is 1. The number of hydrogen-bond acceptors (Lipinski definition) is 5. The average molecular weight is 395 g/mol. The fraction of sp³-hybridized carbons (Fsp3) is 0.409. The van der Waals surface area contributed by atoms with Crippen LogP contribution in [0.3, 0.4) is 0 Å². The normalized spacial score (nSPS) is 18.2. The third-order valence-corrected chi connectivity index (χ3v) is 5.22. The van der Waals surface area contributed by atoms with E-state index in [1.807, 2.05) is 19.9 Å². The Balaban J connectivity index is 1.46. The third kappa shape index (κ3) is 4.34. The van der Waals surface area contributed by atoms with Crippen LogP contribution in [0.15, 0.2) is 36.5 Å². The molecule has 29 heavy (non-hydrogen) atoms. The maximum absolute atomic E-state index is 12.6. The third-order valence-electron chi connectivity index (χ3n) is 5.22. The Morgan fingerprint density at radius 1 is 1.28 bits per heavy atom. The summed E-state index contributed by atoms with van der Waals surface area (Å²) in [5, 5.41) is 5.87. The number of carbonyl (C=O) groups is 2. The van der Waals surface area contributed by atoms with Gasteiger partial charge in [-0.05, 0) is 56.4 Å².